The maximum atomic E-state index is 12.3. The molecule has 1 aromatic rings. The summed E-state index contributed by atoms with van der Waals surface area (Å²) in [5, 5.41) is 0. The van der Waals surface area contributed by atoms with Crippen molar-refractivity contribution >= 4 is 11.9 Å². The number of nitrogens with zero attached hydrogens (tertiary/aromatic N) is 1. The highest BCUT2D eigenvalue weighted by molar-refractivity contribution is 5.80. The molecule has 0 bridgehead atoms. The summed E-state index contributed by atoms with van der Waals surface area (Å²) in [5.41, 5.74) is 3.20. The van der Waals surface area contributed by atoms with Crippen LogP contribution >= 0.6 is 0 Å². The summed E-state index contributed by atoms with van der Waals surface area (Å²) in [6.07, 6.45) is 1.84. The van der Waals surface area contributed by atoms with Gasteiger partial charge in [0.2, 0.25) is 5.91 Å². The SMILES string of the molecule is CCOC(=O)C1CCN(C(=O)Cc2cc(C)[nH]c2C)CC1. The van der Waals surface area contributed by atoms with E-state index in [2.05, 4.69) is 4.98 Å². The monoisotopic (exact) mass is 292 g/mol. The van der Waals surface area contributed by atoms with Crippen molar-refractivity contribution < 1.29 is 14.3 Å². The third kappa shape index (κ3) is 3.86. The Labute approximate surface area is 125 Å². The lowest BCUT2D eigenvalue weighted by atomic mass is 9.96. The molecular formula is C16H24N2O3. The molecule has 1 aliphatic heterocycles. The molecule has 116 valence electrons. The van der Waals surface area contributed by atoms with Crippen molar-refractivity contribution in [2.24, 2.45) is 5.92 Å². The second kappa shape index (κ2) is 6.78. The Morgan fingerprint density at radius 2 is 2.00 bits per heavy atom. The minimum absolute atomic E-state index is 0.0507. The van der Waals surface area contributed by atoms with Gasteiger partial charge < -0.3 is 14.6 Å². The van der Waals surface area contributed by atoms with Crippen molar-refractivity contribution in [3.63, 3.8) is 0 Å². The van der Waals surface area contributed by atoms with E-state index in [1.165, 1.54) is 0 Å². The Bertz CT molecular complexity index is 514. The van der Waals surface area contributed by atoms with Crippen LogP contribution in [0.3, 0.4) is 0 Å². The molecule has 0 atom stereocenters. The molecule has 0 saturated carbocycles. The number of carbonyl (C=O) groups is 2. The third-order valence-corrected chi connectivity index (χ3v) is 4.07. The molecular weight excluding hydrogens is 268 g/mol. The Hall–Kier alpha value is -1.78. The van der Waals surface area contributed by atoms with Gasteiger partial charge in [0.05, 0.1) is 18.9 Å². The summed E-state index contributed by atoms with van der Waals surface area (Å²) < 4.78 is 5.04. The Morgan fingerprint density at radius 1 is 1.33 bits per heavy atom. The molecule has 5 heteroatoms. The first kappa shape index (κ1) is 15.6. The molecule has 2 heterocycles. The first-order valence-corrected chi connectivity index (χ1v) is 7.60. The number of piperidine rings is 1. The van der Waals surface area contributed by atoms with Gasteiger partial charge in [0.1, 0.15) is 0 Å². The van der Waals surface area contributed by atoms with E-state index in [1.807, 2.05) is 31.7 Å². The Morgan fingerprint density at radius 3 is 2.52 bits per heavy atom. The van der Waals surface area contributed by atoms with Crippen molar-refractivity contribution in [1.82, 2.24) is 9.88 Å². The van der Waals surface area contributed by atoms with Crippen LogP contribution in [0.5, 0.6) is 0 Å². The van der Waals surface area contributed by atoms with Gasteiger partial charge in [-0.05, 0) is 45.2 Å². The fourth-order valence-electron chi connectivity index (χ4n) is 2.86. The molecule has 1 saturated heterocycles. The zero-order valence-corrected chi connectivity index (χ0v) is 13.1. The Balaban J connectivity index is 1.86. The second-order valence-corrected chi connectivity index (χ2v) is 5.69. The number of aromatic nitrogens is 1. The van der Waals surface area contributed by atoms with Gasteiger partial charge in [0.15, 0.2) is 0 Å². The fourth-order valence-corrected chi connectivity index (χ4v) is 2.86. The minimum Gasteiger partial charge on any atom is -0.466 e. The molecule has 1 aromatic heterocycles. The van der Waals surface area contributed by atoms with Crippen LogP contribution < -0.4 is 0 Å². The van der Waals surface area contributed by atoms with Crippen molar-refractivity contribution in [2.45, 2.75) is 40.0 Å². The van der Waals surface area contributed by atoms with Gasteiger partial charge in [-0.15, -0.1) is 0 Å². The molecule has 1 N–H and O–H groups in total. The standard InChI is InChI=1S/C16H24N2O3/c1-4-21-16(20)13-5-7-18(8-6-13)15(19)10-14-9-11(2)17-12(14)3/h9,13,17H,4-8,10H2,1-3H3. The number of likely N-dealkylation sites (tertiary alicyclic amines) is 1. The van der Waals surface area contributed by atoms with Gasteiger partial charge in [0, 0.05) is 24.5 Å². The number of carbonyl (C=O) groups excluding carboxylic acids is 2. The number of amides is 1. The maximum Gasteiger partial charge on any atom is 0.309 e. The lowest BCUT2D eigenvalue weighted by molar-refractivity contribution is -0.151. The average Bonchev–Trinajstić information content (AvgIpc) is 2.77. The van der Waals surface area contributed by atoms with E-state index in [9.17, 15) is 9.59 Å². The zero-order valence-electron chi connectivity index (χ0n) is 13.1. The molecule has 0 spiro atoms. The number of ether oxygens (including phenoxy) is 1. The van der Waals surface area contributed by atoms with E-state index < -0.39 is 0 Å². The molecule has 0 unspecified atom stereocenters. The molecule has 2 rings (SSSR count). The van der Waals surface area contributed by atoms with Crippen molar-refractivity contribution in [2.75, 3.05) is 19.7 Å². The highest BCUT2D eigenvalue weighted by Gasteiger charge is 2.28. The molecule has 21 heavy (non-hydrogen) atoms. The summed E-state index contributed by atoms with van der Waals surface area (Å²) in [6.45, 7) is 7.51. The second-order valence-electron chi connectivity index (χ2n) is 5.69. The highest BCUT2D eigenvalue weighted by atomic mass is 16.5. The van der Waals surface area contributed by atoms with Gasteiger partial charge in [-0.25, -0.2) is 0 Å². The van der Waals surface area contributed by atoms with Crippen molar-refractivity contribution in [3.8, 4) is 0 Å². The predicted octanol–water partition coefficient (Wildman–Crippen LogP) is 1.98. The van der Waals surface area contributed by atoms with Crippen LogP contribution in [0.2, 0.25) is 0 Å². The first-order chi connectivity index (χ1) is 10.0. The van der Waals surface area contributed by atoms with Gasteiger partial charge in [-0.1, -0.05) is 0 Å². The van der Waals surface area contributed by atoms with Gasteiger partial charge >= 0.3 is 5.97 Å². The number of aryl methyl sites for hydroxylation is 2. The number of H-pyrrole nitrogens is 1. The fraction of sp³-hybridized carbons (Fsp3) is 0.625. The molecule has 5 nitrogen and oxygen atoms in total. The molecule has 1 amide bonds. The number of hydrogen-bond donors (Lipinski definition) is 1. The average molecular weight is 292 g/mol. The van der Waals surface area contributed by atoms with Crippen LogP contribution in [0.15, 0.2) is 6.07 Å². The molecule has 0 aromatic carbocycles. The molecule has 1 fully saturated rings. The van der Waals surface area contributed by atoms with Gasteiger partial charge in [-0.2, -0.15) is 0 Å². The largest absolute Gasteiger partial charge is 0.466 e. The van der Waals surface area contributed by atoms with E-state index in [0.29, 0.717) is 39.0 Å². The van der Waals surface area contributed by atoms with Crippen LogP contribution in [-0.4, -0.2) is 41.5 Å². The van der Waals surface area contributed by atoms with E-state index >= 15 is 0 Å². The van der Waals surface area contributed by atoms with Crippen LogP contribution in [-0.2, 0) is 20.7 Å². The van der Waals surface area contributed by atoms with E-state index in [4.69, 9.17) is 4.74 Å². The number of hydrogen-bond acceptors (Lipinski definition) is 3. The predicted molar refractivity (Wildman–Crippen MR) is 79.9 cm³/mol. The van der Waals surface area contributed by atoms with Crippen LogP contribution in [0.1, 0.15) is 36.7 Å². The van der Waals surface area contributed by atoms with E-state index in [-0.39, 0.29) is 17.8 Å². The number of nitrogens with one attached hydrogen (secondary N) is 1. The quantitative estimate of drug-likeness (QED) is 0.863. The molecule has 0 aliphatic carbocycles. The Kier molecular flexibility index (Phi) is 5.04. The number of rotatable bonds is 4. The van der Waals surface area contributed by atoms with Gasteiger partial charge in [0.25, 0.3) is 0 Å². The van der Waals surface area contributed by atoms with Crippen molar-refractivity contribution in [3.05, 3.63) is 23.0 Å². The molecule has 1 aliphatic rings. The normalized spacial score (nSPS) is 16.0. The summed E-state index contributed by atoms with van der Waals surface area (Å²) >= 11 is 0. The summed E-state index contributed by atoms with van der Waals surface area (Å²) in [4.78, 5) is 29.1. The topological polar surface area (TPSA) is 62.4 Å². The number of aromatic amines is 1. The smallest absolute Gasteiger partial charge is 0.309 e. The lowest BCUT2D eigenvalue weighted by Crippen LogP contribution is -2.41. The summed E-state index contributed by atoms with van der Waals surface area (Å²) in [7, 11) is 0. The van der Waals surface area contributed by atoms with Gasteiger partial charge in [-0.3, -0.25) is 9.59 Å². The molecule has 0 radical (unpaired) electrons. The number of esters is 1. The minimum atomic E-state index is -0.123. The highest BCUT2D eigenvalue weighted by Crippen LogP contribution is 2.20. The maximum absolute atomic E-state index is 12.3. The lowest BCUT2D eigenvalue weighted by Gasteiger charge is -2.31. The summed E-state index contributed by atoms with van der Waals surface area (Å²) in [6, 6.07) is 2.03. The van der Waals surface area contributed by atoms with E-state index in [1.54, 1.807) is 0 Å². The van der Waals surface area contributed by atoms with E-state index in [0.717, 1.165) is 17.0 Å². The van der Waals surface area contributed by atoms with Crippen molar-refractivity contribution in [1.29, 1.82) is 0 Å². The van der Waals surface area contributed by atoms with Crippen LogP contribution in [0.4, 0.5) is 0 Å². The van der Waals surface area contributed by atoms with Crippen LogP contribution in [0, 0.1) is 19.8 Å². The van der Waals surface area contributed by atoms with Crippen LogP contribution in [0.25, 0.3) is 0 Å². The zero-order chi connectivity index (χ0) is 15.4. The third-order valence-electron chi connectivity index (χ3n) is 4.07. The summed E-state index contributed by atoms with van der Waals surface area (Å²) in [5.74, 6) is -0.0358. The first-order valence-electron chi connectivity index (χ1n) is 7.60.